The molecule has 2 rings (SSSR count). The first-order chi connectivity index (χ1) is 7.31. The minimum Gasteiger partial charge on any atom is -0.330 e. The van der Waals surface area contributed by atoms with Gasteiger partial charge in [-0.15, -0.1) is 11.3 Å². The third kappa shape index (κ3) is 2.58. The van der Waals surface area contributed by atoms with Gasteiger partial charge in [0.2, 0.25) is 0 Å². The molecule has 84 valence electrons. The first kappa shape index (κ1) is 11.1. The van der Waals surface area contributed by atoms with Gasteiger partial charge >= 0.3 is 0 Å². The van der Waals surface area contributed by atoms with Gasteiger partial charge < -0.3 is 5.73 Å². The fraction of sp³-hybridized carbons (Fsp3) is 0.750. The Hall–Kier alpha value is -0.410. The highest BCUT2D eigenvalue weighted by atomic mass is 32.1. The largest absolute Gasteiger partial charge is 0.330 e. The number of nitrogens with two attached hydrogens (primary N) is 1. The maximum absolute atomic E-state index is 5.69. The molecule has 3 heteroatoms. The van der Waals surface area contributed by atoms with Crippen molar-refractivity contribution < 1.29 is 0 Å². The van der Waals surface area contributed by atoms with Gasteiger partial charge in [0.1, 0.15) is 0 Å². The van der Waals surface area contributed by atoms with E-state index >= 15 is 0 Å². The summed E-state index contributed by atoms with van der Waals surface area (Å²) in [6.45, 7) is 2.89. The van der Waals surface area contributed by atoms with E-state index in [9.17, 15) is 0 Å². The van der Waals surface area contributed by atoms with Crippen LogP contribution in [0.1, 0.15) is 54.1 Å². The fourth-order valence-corrected chi connectivity index (χ4v) is 3.25. The van der Waals surface area contributed by atoms with Crippen LogP contribution in [0, 0.1) is 0 Å². The smallest absolute Gasteiger partial charge is 0.0971 e. The van der Waals surface area contributed by atoms with E-state index in [1.54, 1.807) is 0 Å². The molecule has 1 aromatic heterocycles. The average molecular weight is 224 g/mol. The molecule has 0 aromatic carbocycles. The summed E-state index contributed by atoms with van der Waals surface area (Å²) in [6, 6.07) is 0. The van der Waals surface area contributed by atoms with Gasteiger partial charge in [-0.1, -0.05) is 19.8 Å². The summed E-state index contributed by atoms with van der Waals surface area (Å²) in [5.41, 5.74) is 7.06. The Morgan fingerprint density at radius 1 is 1.27 bits per heavy atom. The highest BCUT2D eigenvalue weighted by Gasteiger charge is 2.15. The standard InChI is InChI=1S/C12H20N2S/c1-9(8-13)12-14-10-6-4-2-3-5-7-11(10)15-12/h9H,2-8,13H2,1H3. The maximum Gasteiger partial charge on any atom is 0.0971 e. The van der Waals surface area contributed by atoms with E-state index < -0.39 is 0 Å². The fourth-order valence-electron chi connectivity index (χ4n) is 2.04. The lowest BCUT2D eigenvalue weighted by molar-refractivity contribution is 0.614. The van der Waals surface area contributed by atoms with Gasteiger partial charge in [-0.25, -0.2) is 4.98 Å². The zero-order valence-electron chi connectivity index (χ0n) is 9.46. The molecule has 0 saturated heterocycles. The first-order valence-electron chi connectivity index (χ1n) is 6.00. The molecule has 0 bridgehead atoms. The Kier molecular flexibility index (Phi) is 3.76. The average Bonchev–Trinajstić information content (AvgIpc) is 2.60. The van der Waals surface area contributed by atoms with Crippen LogP contribution in [0.15, 0.2) is 0 Å². The first-order valence-corrected chi connectivity index (χ1v) is 6.81. The summed E-state index contributed by atoms with van der Waals surface area (Å²) >= 11 is 1.90. The van der Waals surface area contributed by atoms with Gasteiger partial charge in [-0.3, -0.25) is 0 Å². The van der Waals surface area contributed by atoms with Gasteiger partial charge in [0.05, 0.1) is 10.7 Å². The molecule has 2 N–H and O–H groups in total. The molecule has 1 aliphatic carbocycles. The third-order valence-electron chi connectivity index (χ3n) is 3.14. The predicted octanol–water partition coefficient (Wildman–Crippen LogP) is 2.86. The van der Waals surface area contributed by atoms with Crippen molar-refractivity contribution in [3.8, 4) is 0 Å². The van der Waals surface area contributed by atoms with Crippen LogP contribution in [0.5, 0.6) is 0 Å². The Morgan fingerprint density at radius 2 is 2.00 bits per heavy atom. The van der Waals surface area contributed by atoms with E-state index in [-0.39, 0.29) is 0 Å². The molecule has 15 heavy (non-hydrogen) atoms. The summed E-state index contributed by atoms with van der Waals surface area (Å²) in [4.78, 5) is 6.29. The molecule has 0 fully saturated rings. The van der Waals surface area contributed by atoms with E-state index in [1.807, 2.05) is 11.3 Å². The van der Waals surface area contributed by atoms with Crippen LogP contribution in [0.3, 0.4) is 0 Å². The molecule has 1 aliphatic rings. The lowest BCUT2D eigenvalue weighted by Gasteiger charge is -2.06. The van der Waals surface area contributed by atoms with E-state index in [4.69, 9.17) is 10.7 Å². The minimum absolute atomic E-state index is 0.434. The van der Waals surface area contributed by atoms with Crippen molar-refractivity contribution in [1.82, 2.24) is 4.98 Å². The normalized spacial score (nSPS) is 19.1. The molecule has 0 spiro atoms. The van der Waals surface area contributed by atoms with Crippen molar-refractivity contribution in [2.75, 3.05) is 6.54 Å². The number of nitrogens with zero attached hydrogens (tertiary/aromatic N) is 1. The van der Waals surface area contributed by atoms with Gasteiger partial charge in [-0.2, -0.15) is 0 Å². The lowest BCUT2D eigenvalue weighted by Crippen LogP contribution is -2.08. The number of aromatic nitrogens is 1. The number of rotatable bonds is 2. The Morgan fingerprint density at radius 3 is 2.73 bits per heavy atom. The van der Waals surface area contributed by atoms with Crippen molar-refractivity contribution in [2.24, 2.45) is 5.73 Å². The lowest BCUT2D eigenvalue weighted by atomic mass is 10.0. The summed E-state index contributed by atoms with van der Waals surface area (Å²) < 4.78 is 0. The maximum atomic E-state index is 5.69. The van der Waals surface area contributed by atoms with E-state index in [1.165, 1.54) is 54.1 Å². The SMILES string of the molecule is CC(CN)c1nc2c(s1)CCCCCC2. The molecule has 0 radical (unpaired) electrons. The second-order valence-electron chi connectivity index (χ2n) is 4.47. The molecule has 0 aliphatic heterocycles. The number of hydrogen-bond acceptors (Lipinski definition) is 3. The number of hydrogen-bond donors (Lipinski definition) is 1. The number of aryl methyl sites for hydroxylation is 2. The van der Waals surface area contributed by atoms with Crippen LogP contribution < -0.4 is 5.73 Å². The zero-order valence-corrected chi connectivity index (χ0v) is 10.3. The van der Waals surface area contributed by atoms with Crippen molar-refractivity contribution in [3.63, 3.8) is 0 Å². The number of fused-ring (bicyclic) bond motifs is 1. The van der Waals surface area contributed by atoms with Crippen LogP contribution >= 0.6 is 11.3 Å². The van der Waals surface area contributed by atoms with Crippen LogP contribution in [-0.2, 0) is 12.8 Å². The quantitative estimate of drug-likeness (QED) is 0.839. The minimum atomic E-state index is 0.434. The molecule has 2 nitrogen and oxygen atoms in total. The summed E-state index contributed by atoms with van der Waals surface area (Å²) in [5.74, 6) is 0.434. The molecule has 0 saturated carbocycles. The monoisotopic (exact) mass is 224 g/mol. The Labute approximate surface area is 95.9 Å². The zero-order chi connectivity index (χ0) is 10.7. The van der Waals surface area contributed by atoms with E-state index in [0.29, 0.717) is 12.5 Å². The summed E-state index contributed by atoms with van der Waals surface area (Å²) in [7, 11) is 0. The topological polar surface area (TPSA) is 38.9 Å². The molecule has 1 atom stereocenters. The molecule has 1 heterocycles. The summed E-state index contributed by atoms with van der Waals surface area (Å²) in [5, 5.41) is 1.25. The van der Waals surface area contributed by atoms with Crippen molar-refractivity contribution in [2.45, 2.75) is 51.4 Å². The van der Waals surface area contributed by atoms with Crippen molar-refractivity contribution >= 4 is 11.3 Å². The van der Waals surface area contributed by atoms with Gasteiger partial charge in [0, 0.05) is 17.3 Å². The Bertz CT molecular complexity index is 294. The molecule has 1 unspecified atom stereocenters. The second kappa shape index (κ2) is 5.08. The van der Waals surface area contributed by atoms with E-state index in [2.05, 4.69) is 6.92 Å². The molecule has 0 amide bonds. The Balaban J connectivity index is 2.19. The van der Waals surface area contributed by atoms with Gasteiger partial charge in [-0.05, 0) is 25.7 Å². The van der Waals surface area contributed by atoms with Crippen molar-refractivity contribution in [3.05, 3.63) is 15.6 Å². The highest BCUT2D eigenvalue weighted by molar-refractivity contribution is 7.11. The third-order valence-corrected chi connectivity index (χ3v) is 4.53. The predicted molar refractivity (Wildman–Crippen MR) is 65.5 cm³/mol. The molecule has 1 aromatic rings. The molecular formula is C12H20N2S. The summed E-state index contributed by atoms with van der Waals surface area (Å²) in [6.07, 6.45) is 7.84. The van der Waals surface area contributed by atoms with Gasteiger partial charge in [0.15, 0.2) is 0 Å². The van der Waals surface area contributed by atoms with Crippen molar-refractivity contribution in [1.29, 1.82) is 0 Å². The van der Waals surface area contributed by atoms with Crippen LogP contribution in [-0.4, -0.2) is 11.5 Å². The molecular weight excluding hydrogens is 204 g/mol. The van der Waals surface area contributed by atoms with E-state index in [0.717, 1.165) is 0 Å². The second-order valence-corrected chi connectivity index (χ2v) is 5.59. The highest BCUT2D eigenvalue weighted by Crippen LogP contribution is 2.29. The van der Waals surface area contributed by atoms with Gasteiger partial charge in [0.25, 0.3) is 0 Å². The van der Waals surface area contributed by atoms with Crippen LogP contribution in [0.25, 0.3) is 0 Å². The van der Waals surface area contributed by atoms with Crippen LogP contribution in [0.2, 0.25) is 0 Å². The number of thiazole rings is 1. The van der Waals surface area contributed by atoms with Crippen LogP contribution in [0.4, 0.5) is 0 Å².